The van der Waals surface area contributed by atoms with Gasteiger partial charge in [0.2, 0.25) is 15.9 Å². The first-order chi connectivity index (χ1) is 13.4. The highest BCUT2D eigenvalue weighted by atomic mass is 32.2. The molecule has 1 heterocycles. The van der Waals surface area contributed by atoms with Gasteiger partial charge in [0.1, 0.15) is 5.75 Å². The maximum atomic E-state index is 12.1. The number of anilines is 1. The largest absolute Gasteiger partial charge is 0.497 e. The zero-order valence-electron chi connectivity index (χ0n) is 16.7. The molecule has 1 aromatic rings. The van der Waals surface area contributed by atoms with Crippen LogP contribution in [0.5, 0.6) is 5.75 Å². The Kier molecular flexibility index (Phi) is 9.01. The van der Waals surface area contributed by atoms with Gasteiger partial charge in [0.05, 0.1) is 32.3 Å². The van der Waals surface area contributed by atoms with Gasteiger partial charge in [0, 0.05) is 38.7 Å². The lowest BCUT2D eigenvalue weighted by Crippen LogP contribution is -2.38. The Balaban J connectivity index is 1.73. The molecule has 1 aliphatic heterocycles. The topological polar surface area (TPSA) is 88.2 Å². The summed E-state index contributed by atoms with van der Waals surface area (Å²) in [6, 6.07) is 6.89. The number of hydrogen-bond donors (Lipinski definition) is 1. The Morgan fingerprint density at radius 1 is 1.29 bits per heavy atom. The molecule has 1 N–H and O–H groups in total. The highest BCUT2D eigenvalue weighted by molar-refractivity contribution is 7.92. The number of rotatable bonds is 11. The van der Waals surface area contributed by atoms with Crippen LogP contribution in [0.15, 0.2) is 24.3 Å². The van der Waals surface area contributed by atoms with E-state index in [-0.39, 0.29) is 18.9 Å². The van der Waals surface area contributed by atoms with Crippen molar-refractivity contribution in [3.63, 3.8) is 0 Å². The quantitative estimate of drug-likeness (QED) is 0.546. The molecular weight excluding hydrogens is 382 g/mol. The summed E-state index contributed by atoms with van der Waals surface area (Å²) in [7, 11) is -1.91. The molecule has 8 nitrogen and oxygen atoms in total. The monoisotopic (exact) mass is 413 g/mol. The van der Waals surface area contributed by atoms with Crippen molar-refractivity contribution in [1.29, 1.82) is 0 Å². The molecule has 0 aliphatic carbocycles. The number of nitrogens with one attached hydrogen (secondary N) is 1. The van der Waals surface area contributed by atoms with E-state index in [1.54, 1.807) is 24.3 Å². The Morgan fingerprint density at radius 2 is 2.04 bits per heavy atom. The molecule has 0 saturated carbocycles. The fraction of sp³-hybridized carbons (Fsp3) is 0.632. The van der Waals surface area contributed by atoms with Gasteiger partial charge in [-0.15, -0.1) is 0 Å². The second-order valence-corrected chi connectivity index (χ2v) is 8.70. The van der Waals surface area contributed by atoms with E-state index in [1.165, 1.54) is 11.4 Å². The molecule has 0 bridgehead atoms. The predicted molar refractivity (Wildman–Crippen MR) is 109 cm³/mol. The number of nitrogens with zero attached hydrogens (tertiary/aromatic N) is 2. The van der Waals surface area contributed by atoms with Crippen LogP contribution < -0.4 is 14.4 Å². The van der Waals surface area contributed by atoms with Crippen LogP contribution in [-0.2, 0) is 19.6 Å². The average molecular weight is 414 g/mol. The van der Waals surface area contributed by atoms with Crippen LogP contribution in [-0.4, -0.2) is 78.5 Å². The second-order valence-electron chi connectivity index (χ2n) is 6.80. The zero-order valence-corrected chi connectivity index (χ0v) is 17.5. The number of ether oxygens (including phenoxy) is 2. The fourth-order valence-electron chi connectivity index (χ4n) is 3.08. The molecule has 1 aromatic carbocycles. The fourth-order valence-corrected chi connectivity index (χ4v) is 4.04. The van der Waals surface area contributed by atoms with Crippen molar-refractivity contribution < 1.29 is 22.7 Å². The number of amides is 1. The van der Waals surface area contributed by atoms with Gasteiger partial charge in [-0.2, -0.15) is 0 Å². The van der Waals surface area contributed by atoms with Crippen LogP contribution in [0.2, 0.25) is 0 Å². The summed E-state index contributed by atoms with van der Waals surface area (Å²) < 4.78 is 36.1. The van der Waals surface area contributed by atoms with E-state index in [0.29, 0.717) is 24.4 Å². The smallest absolute Gasteiger partial charge is 0.232 e. The van der Waals surface area contributed by atoms with Crippen LogP contribution in [0.4, 0.5) is 5.69 Å². The van der Waals surface area contributed by atoms with Crippen molar-refractivity contribution in [2.24, 2.45) is 0 Å². The molecule has 0 unspecified atom stereocenters. The average Bonchev–Trinajstić information content (AvgIpc) is 2.68. The van der Waals surface area contributed by atoms with Gasteiger partial charge in [0.25, 0.3) is 0 Å². The lowest BCUT2D eigenvalue weighted by Gasteiger charge is -2.26. The number of carbonyl (C=O) groups excluding carboxylic acids is 1. The maximum Gasteiger partial charge on any atom is 0.232 e. The summed E-state index contributed by atoms with van der Waals surface area (Å²) in [5, 5.41) is 2.91. The molecule has 28 heavy (non-hydrogen) atoms. The van der Waals surface area contributed by atoms with Gasteiger partial charge in [-0.25, -0.2) is 8.42 Å². The number of carbonyl (C=O) groups is 1. The number of sulfonamides is 1. The number of benzene rings is 1. The normalized spacial score (nSPS) is 15.2. The van der Waals surface area contributed by atoms with E-state index in [9.17, 15) is 13.2 Å². The van der Waals surface area contributed by atoms with E-state index >= 15 is 0 Å². The maximum absolute atomic E-state index is 12.1. The first-order valence-corrected chi connectivity index (χ1v) is 11.4. The molecule has 0 atom stereocenters. The Hall–Kier alpha value is -1.84. The molecule has 1 fully saturated rings. The van der Waals surface area contributed by atoms with Crippen LogP contribution >= 0.6 is 0 Å². The summed E-state index contributed by atoms with van der Waals surface area (Å²) in [6.45, 7) is 5.25. The minimum atomic E-state index is -3.44. The van der Waals surface area contributed by atoms with Crippen molar-refractivity contribution >= 4 is 21.6 Å². The minimum absolute atomic E-state index is 0.0546. The van der Waals surface area contributed by atoms with E-state index in [2.05, 4.69) is 10.2 Å². The Labute approximate surface area is 167 Å². The highest BCUT2D eigenvalue weighted by Gasteiger charge is 2.18. The molecule has 9 heteroatoms. The molecule has 1 amide bonds. The lowest BCUT2D eigenvalue weighted by atomic mass is 10.2. The summed E-state index contributed by atoms with van der Waals surface area (Å²) in [5.41, 5.74) is 0.535. The summed E-state index contributed by atoms with van der Waals surface area (Å²) >= 11 is 0. The van der Waals surface area contributed by atoms with Crippen molar-refractivity contribution in [1.82, 2.24) is 10.2 Å². The molecule has 1 aliphatic rings. The van der Waals surface area contributed by atoms with Crippen molar-refractivity contribution in [2.45, 2.75) is 19.3 Å². The van der Waals surface area contributed by atoms with Gasteiger partial charge >= 0.3 is 0 Å². The molecule has 0 spiro atoms. The van der Waals surface area contributed by atoms with E-state index in [4.69, 9.17) is 9.47 Å². The number of hydrogen-bond acceptors (Lipinski definition) is 6. The van der Waals surface area contributed by atoms with Gasteiger partial charge in [-0.1, -0.05) is 6.07 Å². The van der Waals surface area contributed by atoms with Gasteiger partial charge < -0.3 is 14.8 Å². The van der Waals surface area contributed by atoms with Crippen molar-refractivity contribution in [2.75, 3.05) is 63.6 Å². The van der Waals surface area contributed by atoms with Crippen molar-refractivity contribution in [3.05, 3.63) is 24.3 Å². The van der Waals surface area contributed by atoms with E-state index in [0.717, 1.165) is 45.5 Å². The first kappa shape index (κ1) is 22.4. The van der Waals surface area contributed by atoms with Crippen LogP contribution in [0.1, 0.15) is 19.3 Å². The molecule has 158 valence electrons. The molecule has 0 aromatic heterocycles. The molecule has 1 saturated heterocycles. The molecular formula is C19H31N3O5S. The zero-order chi connectivity index (χ0) is 20.4. The molecule has 2 rings (SSSR count). The van der Waals surface area contributed by atoms with Gasteiger partial charge in [-0.05, 0) is 31.5 Å². The number of morpholine rings is 1. The SMILES string of the molecule is COc1cccc(N(CCCC(=O)NCCCN2CCOCC2)S(C)(=O)=O)c1. The Bertz CT molecular complexity index is 720. The molecule has 0 radical (unpaired) electrons. The Morgan fingerprint density at radius 3 is 2.71 bits per heavy atom. The van der Waals surface area contributed by atoms with E-state index < -0.39 is 10.0 Å². The number of methoxy groups -OCH3 is 1. The predicted octanol–water partition coefficient (Wildman–Crippen LogP) is 1.08. The minimum Gasteiger partial charge on any atom is -0.497 e. The summed E-state index contributed by atoms with van der Waals surface area (Å²) in [5.74, 6) is 0.533. The highest BCUT2D eigenvalue weighted by Crippen LogP contribution is 2.23. The summed E-state index contributed by atoms with van der Waals surface area (Å²) in [6.07, 6.45) is 2.79. The first-order valence-electron chi connectivity index (χ1n) is 9.58. The summed E-state index contributed by atoms with van der Waals surface area (Å²) in [4.78, 5) is 14.4. The third kappa shape index (κ3) is 7.65. The third-order valence-electron chi connectivity index (χ3n) is 4.58. The van der Waals surface area contributed by atoms with Crippen LogP contribution in [0.25, 0.3) is 0 Å². The lowest BCUT2D eigenvalue weighted by molar-refractivity contribution is -0.121. The van der Waals surface area contributed by atoms with Gasteiger partial charge in [-0.3, -0.25) is 14.0 Å². The van der Waals surface area contributed by atoms with Gasteiger partial charge in [0.15, 0.2) is 0 Å². The van der Waals surface area contributed by atoms with E-state index in [1.807, 2.05) is 0 Å². The van der Waals surface area contributed by atoms with Crippen LogP contribution in [0, 0.1) is 0 Å². The third-order valence-corrected chi connectivity index (χ3v) is 5.78. The standard InChI is InChI=1S/C19H31N3O5S/c1-26-18-7-3-6-17(16-18)22(28(2,24)25)11-4-8-19(23)20-9-5-10-21-12-14-27-15-13-21/h3,6-7,16H,4-5,8-15H2,1-2H3,(H,20,23). The van der Waals surface area contributed by atoms with Crippen LogP contribution in [0.3, 0.4) is 0 Å². The second kappa shape index (κ2) is 11.2. The van der Waals surface area contributed by atoms with Crippen molar-refractivity contribution in [3.8, 4) is 5.75 Å².